The highest BCUT2D eigenvalue weighted by Crippen LogP contribution is 2.36. The van der Waals surface area contributed by atoms with E-state index in [1.807, 2.05) is 0 Å². The number of nitrogens with one attached hydrogen (secondary N) is 1. The predicted molar refractivity (Wildman–Crippen MR) is 117 cm³/mol. The lowest BCUT2D eigenvalue weighted by Gasteiger charge is -2.19. The van der Waals surface area contributed by atoms with Gasteiger partial charge in [-0.05, 0) is 54.1 Å². The standard InChI is InChI=1S/C22H20ClF2N3O3S/c1-28(2)22(29)27-13-14-3-10-20(26-12-14)21(18-11-16(24)6-9-19(18)25)32(30,31)17-7-4-15(23)5-8-17/h3-12,21H,13H2,1-2H3,(H,27,29). The normalized spacial score (nSPS) is 12.3. The average Bonchev–Trinajstić information content (AvgIpc) is 2.75. The first kappa shape index (κ1) is 23.6. The molecule has 3 aromatic rings. The van der Waals surface area contributed by atoms with Crippen LogP contribution in [0, 0.1) is 11.6 Å². The number of rotatable bonds is 6. The third-order valence-corrected chi connectivity index (χ3v) is 6.96. The molecule has 1 heterocycles. The summed E-state index contributed by atoms with van der Waals surface area (Å²) in [7, 11) is -1.03. The molecule has 0 aliphatic heterocycles. The Morgan fingerprint density at radius 2 is 1.78 bits per heavy atom. The first-order valence-electron chi connectivity index (χ1n) is 9.44. The Balaban J connectivity index is 2.04. The van der Waals surface area contributed by atoms with Gasteiger partial charge in [0.25, 0.3) is 0 Å². The molecule has 0 fully saturated rings. The fraction of sp³-hybridized carbons (Fsp3) is 0.182. The summed E-state index contributed by atoms with van der Waals surface area (Å²) in [6.45, 7) is 0.160. The van der Waals surface area contributed by atoms with E-state index < -0.39 is 26.7 Å². The van der Waals surface area contributed by atoms with Gasteiger partial charge in [0, 0.05) is 37.4 Å². The second kappa shape index (κ2) is 9.62. The van der Waals surface area contributed by atoms with Crippen molar-refractivity contribution in [2.45, 2.75) is 16.7 Å². The zero-order valence-electron chi connectivity index (χ0n) is 17.2. The monoisotopic (exact) mass is 479 g/mol. The maximum absolute atomic E-state index is 14.6. The van der Waals surface area contributed by atoms with Crippen LogP contribution < -0.4 is 5.32 Å². The molecule has 0 saturated carbocycles. The maximum atomic E-state index is 14.6. The molecule has 10 heteroatoms. The second-order valence-corrected chi connectivity index (χ2v) is 9.66. The van der Waals surface area contributed by atoms with E-state index >= 15 is 0 Å². The molecule has 32 heavy (non-hydrogen) atoms. The molecule has 1 aromatic heterocycles. The van der Waals surface area contributed by atoms with E-state index in [2.05, 4.69) is 10.3 Å². The molecule has 168 valence electrons. The van der Waals surface area contributed by atoms with Gasteiger partial charge in [0.1, 0.15) is 16.9 Å². The van der Waals surface area contributed by atoms with E-state index in [0.29, 0.717) is 10.6 Å². The van der Waals surface area contributed by atoms with Gasteiger partial charge < -0.3 is 10.2 Å². The maximum Gasteiger partial charge on any atom is 0.317 e. The zero-order valence-corrected chi connectivity index (χ0v) is 18.8. The summed E-state index contributed by atoms with van der Waals surface area (Å²) in [5.41, 5.74) is 0.250. The minimum absolute atomic E-state index is 0.00661. The molecule has 0 spiro atoms. The first-order chi connectivity index (χ1) is 15.1. The number of urea groups is 1. The number of aromatic nitrogens is 1. The van der Waals surface area contributed by atoms with Crippen molar-refractivity contribution in [1.82, 2.24) is 15.2 Å². The predicted octanol–water partition coefficient (Wildman–Crippen LogP) is 4.35. The number of carbonyl (C=O) groups excluding carboxylic acids is 1. The van der Waals surface area contributed by atoms with Gasteiger partial charge in [0.2, 0.25) is 0 Å². The van der Waals surface area contributed by atoms with Crippen LogP contribution in [0.1, 0.15) is 22.1 Å². The Kier molecular flexibility index (Phi) is 7.10. The summed E-state index contributed by atoms with van der Waals surface area (Å²) < 4.78 is 55.5. The highest BCUT2D eigenvalue weighted by molar-refractivity contribution is 7.91. The number of halogens is 3. The molecule has 1 N–H and O–H groups in total. The second-order valence-electron chi connectivity index (χ2n) is 7.19. The number of carbonyl (C=O) groups is 1. The lowest BCUT2D eigenvalue weighted by molar-refractivity contribution is 0.217. The van der Waals surface area contributed by atoms with Crippen LogP contribution in [0.15, 0.2) is 65.7 Å². The van der Waals surface area contributed by atoms with Gasteiger partial charge in [-0.2, -0.15) is 0 Å². The van der Waals surface area contributed by atoms with Crippen molar-refractivity contribution in [2.24, 2.45) is 0 Å². The summed E-state index contributed by atoms with van der Waals surface area (Å²) in [6, 6.07) is 10.7. The summed E-state index contributed by atoms with van der Waals surface area (Å²) in [6.07, 6.45) is 1.38. The van der Waals surface area contributed by atoms with Crippen molar-refractivity contribution in [3.8, 4) is 0 Å². The van der Waals surface area contributed by atoms with Crippen molar-refractivity contribution in [2.75, 3.05) is 14.1 Å². The Morgan fingerprint density at radius 3 is 2.38 bits per heavy atom. The molecular formula is C22H20ClF2N3O3S. The van der Waals surface area contributed by atoms with E-state index in [0.717, 1.165) is 18.2 Å². The highest BCUT2D eigenvalue weighted by atomic mass is 35.5. The molecule has 0 bridgehead atoms. The molecule has 0 aliphatic carbocycles. The van der Waals surface area contributed by atoms with Crippen molar-refractivity contribution < 1.29 is 22.0 Å². The van der Waals surface area contributed by atoms with Crippen molar-refractivity contribution in [3.63, 3.8) is 0 Å². The Labute approximate surface area is 189 Å². The molecule has 3 rings (SSSR count). The van der Waals surface area contributed by atoms with Crippen LogP contribution >= 0.6 is 11.6 Å². The smallest absolute Gasteiger partial charge is 0.317 e. The van der Waals surface area contributed by atoms with Gasteiger partial charge in [0.15, 0.2) is 9.84 Å². The van der Waals surface area contributed by atoms with Gasteiger partial charge in [0.05, 0.1) is 10.6 Å². The lowest BCUT2D eigenvalue weighted by atomic mass is 10.1. The van der Waals surface area contributed by atoms with Gasteiger partial charge in [-0.15, -0.1) is 0 Å². The third-order valence-electron chi connectivity index (χ3n) is 4.66. The van der Waals surface area contributed by atoms with Crippen LogP contribution in [0.5, 0.6) is 0 Å². The molecule has 2 aromatic carbocycles. The molecule has 1 atom stereocenters. The number of benzene rings is 2. The van der Waals surface area contributed by atoms with E-state index in [-0.39, 0.29) is 28.7 Å². The molecular weight excluding hydrogens is 460 g/mol. The number of amides is 2. The number of hydrogen-bond donors (Lipinski definition) is 1. The van der Waals surface area contributed by atoms with E-state index in [1.54, 1.807) is 20.2 Å². The molecule has 1 unspecified atom stereocenters. The van der Waals surface area contributed by atoms with Crippen molar-refractivity contribution in [3.05, 3.63) is 94.3 Å². The number of sulfone groups is 1. The summed E-state index contributed by atoms with van der Waals surface area (Å²) in [5.74, 6) is -1.65. The van der Waals surface area contributed by atoms with E-state index in [9.17, 15) is 22.0 Å². The quantitative estimate of drug-likeness (QED) is 0.570. The Bertz CT molecular complexity index is 1220. The Morgan fingerprint density at radius 1 is 1.09 bits per heavy atom. The highest BCUT2D eigenvalue weighted by Gasteiger charge is 2.34. The topological polar surface area (TPSA) is 79.4 Å². The van der Waals surface area contributed by atoms with Crippen molar-refractivity contribution in [1.29, 1.82) is 0 Å². The summed E-state index contributed by atoms with van der Waals surface area (Å²) >= 11 is 5.86. The van der Waals surface area contributed by atoms with Crippen LogP contribution in [0.4, 0.5) is 13.6 Å². The number of pyridine rings is 1. The SMILES string of the molecule is CN(C)C(=O)NCc1ccc(C(c2cc(F)ccc2F)S(=O)(=O)c2ccc(Cl)cc2)nc1. The van der Waals surface area contributed by atoms with Gasteiger partial charge in [-0.1, -0.05) is 17.7 Å². The Hall–Kier alpha value is -3.04. The number of nitrogens with zero attached hydrogens (tertiary/aromatic N) is 2. The lowest BCUT2D eigenvalue weighted by Crippen LogP contribution is -2.33. The van der Waals surface area contributed by atoms with E-state index in [4.69, 9.17) is 11.6 Å². The summed E-state index contributed by atoms with van der Waals surface area (Å²) in [4.78, 5) is 17.1. The fourth-order valence-electron chi connectivity index (χ4n) is 2.99. The van der Waals surface area contributed by atoms with Gasteiger partial charge in [-0.25, -0.2) is 22.0 Å². The van der Waals surface area contributed by atoms with Crippen LogP contribution in [0.3, 0.4) is 0 Å². The van der Waals surface area contributed by atoms with Crippen molar-refractivity contribution >= 4 is 27.5 Å². The van der Waals surface area contributed by atoms with Crippen LogP contribution in [0.25, 0.3) is 0 Å². The molecule has 0 radical (unpaired) electrons. The molecule has 6 nitrogen and oxygen atoms in total. The molecule has 0 saturated heterocycles. The minimum Gasteiger partial charge on any atom is -0.334 e. The zero-order chi connectivity index (χ0) is 23.5. The van der Waals surface area contributed by atoms with Gasteiger partial charge >= 0.3 is 6.03 Å². The number of hydrogen-bond acceptors (Lipinski definition) is 4. The van der Waals surface area contributed by atoms with Crippen LogP contribution in [-0.4, -0.2) is 38.4 Å². The van der Waals surface area contributed by atoms with Crippen LogP contribution in [-0.2, 0) is 16.4 Å². The largest absolute Gasteiger partial charge is 0.334 e. The van der Waals surface area contributed by atoms with Crippen LogP contribution in [0.2, 0.25) is 5.02 Å². The van der Waals surface area contributed by atoms with Gasteiger partial charge in [-0.3, -0.25) is 4.98 Å². The average molecular weight is 480 g/mol. The molecule has 0 aliphatic rings. The minimum atomic E-state index is -4.22. The third kappa shape index (κ3) is 5.23. The fourth-order valence-corrected chi connectivity index (χ4v) is 4.88. The first-order valence-corrected chi connectivity index (χ1v) is 11.4. The molecule has 2 amide bonds. The van der Waals surface area contributed by atoms with E-state index in [1.165, 1.54) is 41.4 Å². The summed E-state index contributed by atoms with van der Waals surface area (Å²) in [5, 5.41) is 1.40.